The number of halogens is 1. The molecular formula is C19H22ClN6O3+. The lowest BCUT2D eigenvalue weighted by Gasteiger charge is -2.33. The number of rotatable bonds is 4. The first kappa shape index (κ1) is 19.4. The zero-order valence-corrected chi connectivity index (χ0v) is 16.6. The van der Waals surface area contributed by atoms with Gasteiger partial charge in [0, 0.05) is 13.1 Å². The zero-order chi connectivity index (χ0) is 20.4. The summed E-state index contributed by atoms with van der Waals surface area (Å²) in [6.45, 7) is 3.92. The van der Waals surface area contributed by atoms with Crippen molar-refractivity contribution in [2.45, 2.75) is 0 Å². The van der Waals surface area contributed by atoms with Crippen molar-refractivity contribution < 1.29 is 14.5 Å². The number of piperazine rings is 1. The van der Waals surface area contributed by atoms with Gasteiger partial charge < -0.3 is 15.1 Å². The molecule has 2 aliphatic rings. The summed E-state index contributed by atoms with van der Waals surface area (Å²) in [6.07, 6.45) is 1.61. The van der Waals surface area contributed by atoms with Crippen LogP contribution in [-0.4, -0.2) is 72.4 Å². The number of imide groups is 1. The summed E-state index contributed by atoms with van der Waals surface area (Å²) in [5, 5.41) is 7.05. The first-order valence-corrected chi connectivity index (χ1v) is 9.92. The Morgan fingerprint density at radius 2 is 1.86 bits per heavy atom. The molecule has 152 valence electrons. The Morgan fingerprint density at radius 3 is 2.52 bits per heavy atom. The van der Waals surface area contributed by atoms with Gasteiger partial charge in [0.1, 0.15) is 5.02 Å². The van der Waals surface area contributed by atoms with E-state index in [1.165, 1.54) is 9.58 Å². The number of para-hydroxylation sites is 1. The highest BCUT2D eigenvalue weighted by atomic mass is 35.5. The lowest BCUT2D eigenvalue weighted by molar-refractivity contribution is -0.892. The van der Waals surface area contributed by atoms with Crippen LogP contribution in [0.3, 0.4) is 0 Å². The van der Waals surface area contributed by atoms with Gasteiger partial charge in [0.15, 0.2) is 6.54 Å². The Hall–Kier alpha value is -2.91. The van der Waals surface area contributed by atoms with Crippen LogP contribution in [0.4, 0.5) is 10.5 Å². The number of carbonyl (C=O) groups is 2. The second kappa shape index (κ2) is 8.22. The Balaban J connectivity index is 1.41. The van der Waals surface area contributed by atoms with Gasteiger partial charge in [-0.1, -0.05) is 29.8 Å². The number of urea groups is 1. The largest absolute Gasteiger partial charge is 0.358 e. The summed E-state index contributed by atoms with van der Waals surface area (Å²) in [5.41, 5.74) is 0.901. The summed E-state index contributed by atoms with van der Waals surface area (Å²) in [5.74, 6) is -0.159. The third-order valence-corrected chi connectivity index (χ3v) is 5.63. The van der Waals surface area contributed by atoms with E-state index in [0.717, 1.165) is 4.90 Å². The first-order valence-electron chi connectivity index (χ1n) is 9.54. The summed E-state index contributed by atoms with van der Waals surface area (Å²) >= 11 is 6.38. The molecule has 3 heterocycles. The highest BCUT2D eigenvalue weighted by Gasteiger charge is 2.31. The van der Waals surface area contributed by atoms with Gasteiger partial charge in [0.05, 0.1) is 43.8 Å². The average molecular weight is 418 g/mol. The van der Waals surface area contributed by atoms with Crippen molar-refractivity contribution in [1.82, 2.24) is 20.0 Å². The number of quaternary nitrogens is 1. The molecule has 0 unspecified atom stereocenters. The predicted molar refractivity (Wildman–Crippen MR) is 108 cm³/mol. The van der Waals surface area contributed by atoms with Crippen LogP contribution in [0.25, 0.3) is 5.69 Å². The maximum Gasteiger partial charge on any atom is 0.324 e. The van der Waals surface area contributed by atoms with E-state index >= 15 is 0 Å². The van der Waals surface area contributed by atoms with Crippen LogP contribution in [0.15, 0.2) is 41.3 Å². The smallest absolute Gasteiger partial charge is 0.324 e. The number of benzene rings is 1. The minimum Gasteiger partial charge on any atom is -0.358 e. The Kier molecular flexibility index (Phi) is 5.50. The second-order valence-corrected chi connectivity index (χ2v) is 7.47. The van der Waals surface area contributed by atoms with E-state index in [4.69, 9.17) is 11.6 Å². The SMILES string of the molecule is O=C(C[NH+]1CCN(c2cnn(-c3ccccc3)c(=O)c2Cl)CC1)N1CCNC1=O. The topological polar surface area (TPSA) is 92.0 Å². The van der Waals surface area contributed by atoms with E-state index in [1.807, 2.05) is 23.1 Å². The molecule has 29 heavy (non-hydrogen) atoms. The van der Waals surface area contributed by atoms with Crippen LogP contribution in [0.1, 0.15) is 0 Å². The number of aromatic nitrogens is 2. The van der Waals surface area contributed by atoms with Crippen LogP contribution in [0.5, 0.6) is 0 Å². The van der Waals surface area contributed by atoms with Gasteiger partial charge in [-0.05, 0) is 12.1 Å². The fourth-order valence-corrected chi connectivity index (χ4v) is 3.91. The molecule has 2 fully saturated rings. The van der Waals surface area contributed by atoms with Crippen molar-refractivity contribution in [2.75, 3.05) is 50.7 Å². The summed E-state index contributed by atoms with van der Waals surface area (Å²) in [7, 11) is 0. The van der Waals surface area contributed by atoms with Crippen LogP contribution in [0.2, 0.25) is 5.02 Å². The minimum absolute atomic E-state index is 0.136. The van der Waals surface area contributed by atoms with E-state index in [9.17, 15) is 14.4 Å². The number of nitrogens with zero attached hydrogens (tertiary/aromatic N) is 4. The molecule has 0 bridgehead atoms. The summed E-state index contributed by atoms with van der Waals surface area (Å²) in [4.78, 5) is 41.0. The lowest BCUT2D eigenvalue weighted by atomic mass is 10.2. The fraction of sp³-hybridized carbons (Fsp3) is 0.368. The Bertz CT molecular complexity index is 972. The molecule has 4 rings (SSSR count). The van der Waals surface area contributed by atoms with Crippen LogP contribution in [-0.2, 0) is 4.79 Å². The third-order valence-electron chi connectivity index (χ3n) is 5.27. The standard InChI is InChI=1S/C19H21ClN6O3/c20-17-15(12-22-26(18(17)28)14-4-2-1-3-5-14)24-10-8-23(9-11-24)13-16(27)25-7-6-21-19(25)29/h1-5,12H,6-11,13H2,(H,21,29)/p+1. The quantitative estimate of drug-likeness (QED) is 0.675. The summed E-state index contributed by atoms with van der Waals surface area (Å²) in [6, 6.07) is 8.81. The van der Waals surface area contributed by atoms with E-state index in [-0.39, 0.29) is 29.1 Å². The van der Waals surface area contributed by atoms with Gasteiger partial charge in [0.2, 0.25) is 0 Å². The molecule has 0 atom stereocenters. The highest BCUT2D eigenvalue weighted by molar-refractivity contribution is 6.33. The van der Waals surface area contributed by atoms with E-state index in [1.54, 1.807) is 18.3 Å². The van der Waals surface area contributed by atoms with E-state index in [2.05, 4.69) is 10.4 Å². The van der Waals surface area contributed by atoms with Crippen LogP contribution < -0.4 is 20.7 Å². The molecule has 2 N–H and O–H groups in total. The van der Waals surface area contributed by atoms with Gasteiger partial charge in [-0.3, -0.25) is 14.5 Å². The molecule has 0 saturated carbocycles. The lowest BCUT2D eigenvalue weighted by Crippen LogP contribution is -3.16. The average Bonchev–Trinajstić information content (AvgIpc) is 3.17. The number of amides is 3. The van der Waals surface area contributed by atoms with Crippen molar-refractivity contribution in [3.8, 4) is 5.69 Å². The number of hydrogen-bond donors (Lipinski definition) is 2. The Labute approximate surface area is 172 Å². The maximum absolute atomic E-state index is 12.7. The molecule has 10 heteroatoms. The van der Waals surface area contributed by atoms with Crippen molar-refractivity contribution >= 4 is 29.2 Å². The van der Waals surface area contributed by atoms with Crippen LogP contribution >= 0.6 is 11.6 Å². The molecule has 0 spiro atoms. The van der Waals surface area contributed by atoms with E-state index in [0.29, 0.717) is 50.6 Å². The number of anilines is 1. The molecule has 2 aromatic rings. The van der Waals surface area contributed by atoms with Gasteiger partial charge in [-0.15, -0.1) is 0 Å². The molecule has 1 aromatic heterocycles. The van der Waals surface area contributed by atoms with Gasteiger partial charge in [0.25, 0.3) is 11.5 Å². The zero-order valence-electron chi connectivity index (χ0n) is 15.8. The Morgan fingerprint density at radius 1 is 1.14 bits per heavy atom. The molecular weight excluding hydrogens is 396 g/mol. The van der Waals surface area contributed by atoms with Crippen molar-refractivity contribution in [3.05, 3.63) is 51.9 Å². The predicted octanol–water partition coefficient (Wildman–Crippen LogP) is -0.857. The number of nitrogens with one attached hydrogen (secondary N) is 2. The third kappa shape index (κ3) is 3.96. The van der Waals surface area contributed by atoms with Crippen molar-refractivity contribution in [3.63, 3.8) is 0 Å². The fourth-order valence-electron chi connectivity index (χ4n) is 3.66. The van der Waals surface area contributed by atoms with Gasteiger partial charge in [-0.25, -0.2) is 4.79 Å². The van der Waals surface area contributed by atoms with Gasteiger partial charge >= 0.3 is 6.03 Å². The van der Waals surface area contributed by atoms with E-state index < -0.39 is 0 Å². The van der Waals surface area contributed by atoms with Gasteiger partial charge in [-0.2, -0.15) is 9.78 Å². The molecule has 0 radical (unpaired) electrons. The molecule has 1 aromatic carbocycles. The first-order chi connectivity index (χ1) is 14.0. The maximum atomic E-state index is 12.7. The molecule has 3 amide bonds. The number of carbonyl (C=O) groups excluding carboxylic acids is 2. The van der Waals surface area contributed by atoms with Crippen molar-refractivity contribution in [1.29, 1.82) is 0 Å². The molecule has 9 nitrogen and oxygen atoms in total. The van der Waals surface area contributed by atoms with Crippen LogP contribution in [0, 0.1) is 0 Å². The minimum atomic E-state index is -0.361. The highest BCUT2D eigenvalue weighted by Crippen LogP contribution is 2.21. The summed E-state index contributed by atoms with van der Waals surface area (Å²) < 4.78 is 1.28. The second-order valence-electron chi connectivity index (χ2n) is 7.09. The van der Waals surface area contributed by atoms with Crippen molar-refractivity contribution in [2.24, 2.45) is 0 Å². The normalized spacial score (nSPS) is 17.5. The monoisotopic (exact) mass is 417 g/mol. The molecule has 2 aliphatic heterocycles. The molecule has 0 aliphatic carbocycles. The number of hydrogen-bond acceptors (Lipinski definition) is 5. The molecule has 2 saturated heterocycles.